The van der Waals surface area contributed by atoms with Crippen LogP contribution >= 0.6 is 0 Å². The third kappa shape index (κ3) is 3.66. The van der Waals surface area contributed by atoms with Crippen molar-refractivity contribution in [1.82, 2.24) is 5.43 Å². The molecule has 0 aliphatic rings. The van der Waals surface area contributed by atoms with E-state index in [4.69, 9.17) is 5.84 Å². The van der Waals surface area contributed by atoms with Crippen molar-refractivity contribution >= 4 is 5.91 Å². The molecule has 0 saturated carbocycles. The second kappa shape index (κ2) is 6.28. The third-order valence-electron chi connectivity index (χ3n) is 2.96. The molecule has 1 aromatic rings. The van der Waals surface area contributed by atoms with Gasteiger partial charge in [-0.3, -0.25) is 10.2 Å². The molecule has 1 unspecified atom stereocenters. The van der Waals surface area contributed by atoms with Crippen LogP contribution in [0.1, 0.15) is 43.7 Å². The Hall–Kier alpha value is -1.35. The number of rotatable bonds is 5. The van der Waals surface area contributed by atoms with Gasteiger partial charge in [-0.05, 0) is 29.9 Å². The van der Waals surface area contributed by atoms with Gasteiger partial charge in [0.1, 0.15) is 0 Å². The molecule has 0 bridgehead atoms. The molecular weight excluding hydrogens is 200 g/mol. The number of hydrogen-bond acceptors (Lipinski definition) is 2. The number of hydrogen-bond donors (Lipinski definition) is 2. The number of nitrogens with one attached hydrogen (secondary N) is 1. The largest absolute Gasteiger partial charge is 0.294 e. The molecule has 0 saturated heterocycles. The number of carbonyl (C=O) groups is 1. The van der Waals surface area contributed by atoms with E-state index in [0.29, 0.717) is 12.3 Å². The van der Waals surface area contributed by atoms with Crippen molar-refractivity contribution < 1.29 is 4.79 Å². The first-order valence-corrected chi connectivity index (χ1v) is 5.75. The lowest BCUT2D eigenvalue weighted by Crippen LogP contribution is -2.30. The van der Waals surface area contributed by atoms with Crippen LogP contribution in [0.5, 0.6) is 0 Å². The first-order valence-electron chi connectivity index (χ1n) is 5.75. The van der Waals surface area contributed by atoms with Crippen LogP contribution in [0.15, 0.2) is 24.3 Å². The molecular formula is C13H20N2O. The van der Waals surface area contributed by atoms with Crippen LogP contribution in [0, 0.1) is 0 Å². The van der Waals surface area contributed by atoms with Gasteiger partial charge < -0.3 is 0 Å². The van der Waals surface area contributed by atoms with Gasteiger partial charge in [-0.15, -0.1) is 0 Å². The summed E-state index contributed by atoms with van der Waals surface area (Å²) in [5.74, 6) is 5.50. The molecule has 1 amide bonds. The van der Waals surface area contributed by atoms with Gasteiger partial charge in [-0.25, -0.2) is 5.84 Å². The monoisotopic (exact) mass is 220 g/mol. The molecule has 0 radical (unpaired) electrons. The molecule has 0 aliphatic carbocycles. The number of amides is 1. The van der Waals surface area contributed by atoms with E-state index in [1.165, 1.54) is 11.1 Å². The molecule has 3 heteroatoms. The van der Waals surface area contributed by atoms with Crippen molar-refractivity contribution in [3.63, 3.8) is 0 Å². The van der Waals surface area contributed by atoms with Gasteiger partial charge in [0, 0.05) is 6.42 Å². The first kappa shape index (κ1) is 12.7. The molecule has 0 heterocycles. The molecule has 1 rings (SSSR count). The minimum atomic E-state index is -0.119. The number of carbonyl (C=O) groups excluding carboxylic acids is 1. The van der Waals surface area contributed by atoms with Crippen LogP contribution in [-0.2, 0) is 11.2 Å². The van der Waals surface area contributed by atoms with Crippen LogP contribution in [0.25, 0.3) is 0 Å². The van der Waals surface area contributed by atoms with Crippen molar-refractivity contribution in [3.05, 3.63) is 35.4 Å². The average Bonchev–Trinajstić information content (AvgIpc) is 2.35. The minimum absolute atomic E-state index is 0.119. The average molecular weight is 220 g/mol. The number of hydrazine groups is 1. The molecule has 3 nitrogen and oxygen atoms in total. The fourth-order valence-electron chi connectivity index (χ4n) is 1.58. The van der Waals surface area contributed by atoms with Crippen LogP contribution in [0.4, 0.5) is 0 Å². The maximum Gasteiger partial charge on any atom is 0.234 e. The highest BCUT2D eigenvalue weighted by molar-refractivity contribution is 5.75. The summed E-state index contributed by atoms with van der Waals surface area (Å²) in [6.45, 7) is 4.40. The van der Waals surface area contributed by atoms with Gasteiger partial charge in [-0.1, -0.05) is 38.1 Å². The van der Waals surface area contributed by atoms with Crippen LogP contribution in [0.2, 0.25) is 0 Å². The summed E-state index contributed by atoms with van der Waals surface area (Å²) < 4.78 is 0. The number of aryl methyl sites for hydroxylation is 1. The zero-order chi connectivity index (χ0) is 12.0. The highest BCUT2D eigenvalue weighted by atomic mass is 16.2. The Labute approximate surface area is 97.0 Å². The second-order valence-electron chi connectivity index (χ2n) is 4.12. The van der Waals surface area contributed by atoms with Crippen LogP contribution in [-0.4, -0.2) is 5.91 Å². The Morgan fingerprint density at radius 3 is 2.50 bits per heavy atom. The van der Waals surface area contributed by atoms with Crippen molar-refractivity contribution in [3.8, 4) is 0 Å². The van der Waals surface area contributed by atoms with Crippen molar-refractivity contribution in [1.29, 1.82) is 0 Å². The Bertz CT molecular complexity index is 332. The summed E-state index contributed by atoms with van der Waals surface area (Å²) in [6, 6.07) is 8.46. The lowest BCUT2D eigenvalue weighted by molar-refractivity contribution is -0.121. The normalized spacial score (nSPS) is 12.2. The maximum atomic E-state index is 11.0. The zero-order valence-corrected chi connectivity index (χ0v) is 9.99. The van der Waals surface area contributed by atoms with E-state index in [2.05, 4.69) is 43.5 Å². The fraction of sp³-hybridized carbons (Fsp3) is 0.462. The number of benzene rings is 1. The molecule has 0 fully saturated rings. The molecule has 16 heavy (non-hydrogen) atoms. The summed E-state index contributed by atoms with van der Waals surface area (Å²) in [5, 5.41) is 0. The minimum Gasteiger partial charge on any atom is -0.294 e. The van der Waals surface area contributed by atoms with E-state index >= 15 is 0 Å². The SMILES string of the molecule is CCC(C)c1ccc(CCC(=O)NN)cc1. The highest BCUT2D eigenvalue weighted by Gasteiger charge is 2.03. The predicted molar refractivity (Wildman–Crippen MR) is 65.8 cm³/mol. The first-order chi connectivity index (χ1) is 7.67. The summed E-state index contributed by atoms with van der Waals surface area (Å²) in [6.07, 6.45) is 2.33. The van der Waals surface area contributed by atoms with E-state index < -0.39 is 0 Å². The Kier molecular flexibility index (Phi) is 4.99. The van der Waals surface area contributed by atoms with Crippen LogP contribution in [0.3, 0.4) is 0 Å². The second-order valence-corrected chi connectivity index (χ2v) is 4.12. The van der Waals surface area contributed by atoms with Gasteiger partial charge in [0.2, 0.25) is 5.91 Å². The smallest absolute Gasteiger partial charge is 0.234 e. The van der Waals surface area contributed by atoms with E-state index in [-0.39, 0.29) is 5.91 Å². The summed E-state index contributed by atoms with van der Waals surface area (Å²) >= 11 is 0. The zero-order valence-electron chi connectivity index (χ0n) is 9.99. The third-order valence-corrected chi connectivity index (χ3v) is 2.96. The molecule has 1 atom stereocenters. The van der Waals surface area contributed by atoms with Gasteiger partial charge in [0.05, 0.1) is 0 Å². The molecule has 0 aromatic heterocycles. The highest BCUT2D eigenvalue weighted by Crippen LogP contribution is 2.19. The summed E-state index contributed by atoms with van der Waals surface area (Å²) in [7, 11) is 0. The quantitative estimate of drug-likeness (QED) is 0.453. The van der Waals surface area contributed by atoms with Gasteiger partial charge in [0.15, 0.2) is 0 Å². The molecule has 1 aromatic carbocycles. The van der Waals surface area contributed by atoms with Gasteiger partial charge >= 0.3 is 0 Å². The Morgan fingerprint density at radius 1 is 1.38 bits per heavy atom. The van der Waals surface area contributed by atoms with E-state index in [9.17, 15) is 4.79 Å². The molecule has 88 valence electrons. The predicted octanol–water partition coefficient (Wildman–Crippen LogP) is 2.12. The Morgan fingerprint density at radius 2 is 2.00 bits per heavy atom. The fourth-order valence-corrected chi connectivity index (χ4v) is 1.58. The lowest BCUT2D eigenvalue weighted by atomic mass is 9.97. The number of nitrogens with two attached hydrogens (primary N) is 1. The van der Waals surface area contributed by atoms with Crippen molar-refractivity contribution in [2.45, 2.75) is 39.0 Å². The summed E-state index contributed by atoms with van der Waals surface area (Å²) in [4.78, 5) is 11.0. The topological polar surface area (TPSA) is 55.1 Å². The van der Waals surface area contributed by atoms with Crippen molar-refractivity contribution in [2.24, 2.45) is 5.84 Å². The van der Waals surface area contributed by atoms with Crippen LogP contribution < -0.4 is 11.3 Å². The molecule has 0 aliphatic heterocycles. The van der Waals surface area contributed by atoms with Gasteiger partial charge in [-0.2, -0.15) is 0 Å². The molecule has 0 spiro atoms. The maximum absolute atomic E-state index is 11.0. The van der Waals surface area contributed by atoms with E-state index in [1.807, 2.05) is 0 Å². The van der Waals surface area contributed by atoms with E-state index in [1.54, 1.807) is 0 Å². The van der Waals surface area contributed by atoms with Crippen molar-refractivity contribution in [2.75, 3.05) is 0 Å². The van der Waals surface area contributed by atoms with Gasteiger partial charge in [0.25, 0.3) is 0 Å². The standard InChI is InChI=1S/C13H20N2O/c1-3-10(2)12-7-4-11(5-8-12)6-9-13(16)15-14/h4-5,7-8,10H,3,6,9,14H2,1-2H3,(H,15,16). The Balaban J connectivity index is 2.54. The molecule has 3 N–H and O–H groups in total. The van der Waals surface area contributed by atoms with E-state index in [0.717, 1.165) is 12.8 Å². The summed E-state index contributed by atoms with van der Waals surface area (Å²) in [5.41, 5.74) is 4.67. The lowest BCUT2D eigenvalue weighted by Gasteiger charge is -2.09.